The number of hydrogen-bond donors (Lipinski definition) is 1. The fraction of sp³-hybridized carbons (Fsp3) is 0.800. The van der Waals surface area contributed by atoms with Gasteiger partial charge in [0.15, 0.2) is 0 Å². The molecule has 1 unspecified atom stereocenters. The number of thiazole rings is 1. The predicted octanol–water partition coefficient (Wildman–Crippen LogP) is 4.30. The molecule has 2 nitrogen and oxygen atoms in total. The summed E-state index contributed by atoms with van der Waals surface area (Å²) in [6, 6.07) is 1.14. The van der Waals surface area contributed by atoms with Gasteiger partial charge in [-0.25, -0.2) is 4.98 Å². The fourth-order valence-electron chi connectivity index (χ4n) is 3.90. The normalized spacial score (nSPS) is 25.6. The highest BCUT2D eigenvalue weighted by molar-refractivity contribution is 7.09. The topological polar surface area (TPSA) is 24.9 Å². The van der Waals surface area contributed by atoms with Crippen LogP contribution in [0.4, 0.5) is 0 Å². The largest absolute Gasteiger partial charge is 0.305 e. The van der Waals surface area contributed by atoms with E-state index in [1.54, 1.807) is 11.3 Å². The van der Waals surface area contributed by atoms with Crippen LogP contribution in [-0.2, 0) is 0 Å². The van der Waals surface area contributed by atoms with Crippen molar-refractivity contribution in [2.75, 3.05) is 0 Å². The summed E-state index contributed by atoms with van der Waals surface area (Å²) in [5, 5.41) is 7.08. The van der Waals surface area contributed by atoms with E-state index < -0.39 is 0 Å². The Labute approximate surface area is 114 Å². The van der Waals surface area contributed by atoms with Crippen LogP contribution < -0.4 is 5.32 Å². The molecule has 1 heterocycles. The fourth-order valence-corrected chi connectivity index (χ4v) is 4.55. The van der Waals surface area contributed by atoms with E-state index in [-0.39, 0.29) is 0 Å². The van der Waals surface area contributed by atoms with Crippen LogP contribution in [0.1, 0.15) is 69.3 Å². The first-order valence-electron chi connectivity index (χ1n) is 7.43. The molecule has 0 aromatic carbocycles. The number of hydrogen-bond acceptors (Lipinski definition) is 3. The highest BCUT2D eigenvalue weighted by Crippen LogP contribution is 2.49. The standard InChI is InChI=1S/C15H24N2S/c1-12(14-16-10-11-18-14)17-13-4-8-15(9-5-13)6-2-3-7-15/h10-13,17H,2-9H2,1H3. The van der Waals surface area contributed by atoms with Crippen LogP contribution in [0.25, 0.3) is 0 Å². The minimum absolute atomic E-state index is 0.424. The summed E-state index contributed by atoms with van der Waals surface area (Å²) in [5.74, 6) is 0. The minimum atomic E-state index is 0.424. The zero-order valence-electron chi connectivity index (χ0n) is 11.3. The second-order valence-corrected chi connectivity index (χ2v) is 7.17. The van der Waals surface area contributed by atoms with Gasteiger partial charge in [0.25, 0.3) is 0 Å². The van der Waals surface area contributed by atoms with Gasteiger partial charge in [0, 0.05) is 17.6 Å². The molecule has 0 aliphatic heterocycles. The van der Waals surface area contributed by atoms with Crippen molar-refractivity contribution >= 4 is 11.3 Å². The molecule has 2 saturated carbocycles. The van der Waals surface area contributed by atoms with Crippen molar-refractivity contribution in [3.63, 3.8) is 0 Å². The molecule has 100 valence electrons. The van der Waals surface area contributed by atoms with E-state index in [1.807, 2.05) is 6.20 Å². The zero-order valence-corrected chi connectivity index (χ0v) is 12.1. The maximum Gasteiger partial charge on any atom is 0.109 e. The van der Waals surface area contributed by atoms with Gasteiger partial charge in [0.1, 0.15) is 5.01 Å². The molecule has 1 aromatic heterocycles. The smallest absolute Gasteiger partial charge is 0.109 e. The average Bonchev–Trinajstić information content (AvgIpc) is 3.04. The summed E-state index contributed by atoms with van der Waals surface area (Å²) < 4.78 is 0. The third-order valence-corrected chi connectivity index (χ3v) is 5.98. The molecular formula is C15H24N2S. The average molecular weight is 264 g/mol. The summed E-state index contributed by atoms with van der Waals surface area (Å²) >= 11 is 1.76. The Hall–Kier alpha value is -0.410. The van der Waals surface area contributed by atoms with Crippen molar-refractivity contribution in [3.8, 4) is 0 Å². The van der Waals surface area contributed by atoms with E-state index in [2.05, 4.69) is 22.6 Å². The van der Waals surface area contributed by atoms with E-state index in [0.717, 1.165) is 11.5 Å². The monoisotopic (exact) mass is 264 g/mol. The Morgan fingerprint density at radius 3 is 2.61 bits per heavy atom. The Bertz CT molecular complexity index is 358. The van der Waals surface area contributed by atoms with Crippen LogP contribution in [0.3, 0.4) is 0 Å². The van der Waals surface area contributed by atoms with Gasteiger partial charge in [-0.3, -0.25) is 0 Å². The summed E-state index contributed by atoms with van der Waals surface area (Å²) in [5.41, 5.74) is 0.753. The van der Waals surface area contributed by atoms with E-state index in [4.69, 9.17) is 0 Å². The van der Waals surface area contributed by atoms with Crippen molar-refractivity contribution in [2.24, 2.45) is 5.41 Å². The maximum atomic E-state index is 4.41. The van der Waals surface area contributed by atoms with Crippen LogP contribution in [0.15, 0.2) is 11.6 Å². The van der Waals surface area contributed by atoms with Gasteiger partial charge in [0.05, 0.1) is 6.04 Å². The van der Waals surface area contributed by atoms with Gasteiger partial charge < -0.3 is 5.32 Å². The molecular weight excluding hydrogens is 240 g/mol. The predicted molar refractivity (Wildman–Crippen MR) is 76.8 cm³/mol. The molecule has 0 amide bonds. The van der Waals surface area contributed by atoms with Gasteiger partial charge >= 0.3 is 0 Å². The molecule has 2 fully saturated rings. The summed E-state index contributed by atoms with van der Waals surface area (Å²) in [6.07, 6.45) is 13.5. The van der Waals surface area contributed by atoms with Gasteiger partial charge in [-0.05, 0) is 50.9 Å². The molecule has 3 rings (SSSR count). The molecule has 1 aromatic rings. The first-order valence-corrected chi connectivity index (χ1v) is 8.31. The van der Waals surface area contributed by atoms with Gasteiger partial charge in [0.2, 0.25) is 0 Å². The molecule has 2 aliphatic carbocycles. The Morgan fingerprint density at radius 2 is 2.00 bits per heavy atom. The number of rotatable bonds is 3. The lowest BCUT2D eigenvalue weighted by molar-refractivity contribution is 0.164. The van der Waals surface area contributed by atoms with E-state index >= 15 is 0 Å². The van der Waals surface area contributed by atoms with Crippen molar-refractivity contribution in [1.82, 2.24) is 10.3 Å². The third kappa shape index (κ3) is 2.62. The summed E-state index contributed by atoms with van der Waals surface area (Å²) in [4.78, 5) is 4.41. The second kappa shape index (κ2) is 5.30. The third-order valence-electron chi connectivity index (χ3n) is 5.02. The number of nitrogens with zero attached hydrogens (tertiary/aromatic N) is 1. The number of nitrogens with one attached hydrogen (secondary N) is 1. The Morgan fingerprint density at radius 1 is 1.28 bits per heavy atom. The first-order chi connectivity index (χ1) is 8.77. The quantitative estimate of drug-likeness (QED) is 0.880. The Kier molecular flexibility index (Phi) is 3.71. The highest BCUT2D eigenvalue weighted by Gasteiger charge is 2.37. The van der Waals surface area contributed by atoms with Gasteiger partial charge in [-0.1, -0.05) is 12.8 Å². The molecule has 2 aliphatic rings. The first kappa shape index (κ1) is 12.6. The van der Waals surface area contributed by atoms with Crippen LogP contribution in [-0.4, -0.2) is 11.0 Å². The van der Waals surface area contributed by atoms with Crippen molar-refractivity contribution < 1.29 is 0 Å². The highest BCUT2D eigenvalue weighted by atomic mass is 32.1. The van der Waals surface area contributed by atoms with E-state index in [0.29, 0.717) is 6.04 Å². The van der Waals surface area contributed by atoms with E-state index in [9.17, 15) is 0 Å². The lowest BCUT2D eigenvalue weighted by atomic mass is 9.71. The molecule has 0 bridgehead atoms. The second-order valence-electron chi connectivity index (χ2n) is 6.24. The molecule has 1 atom stereocenters. The van der Waals surface area contributed by atoms with Gasteiger partial charge in [-0.15, -0.1) is 11.3 Å². The number of aromatic nitrogens is 1. The summed E-state index contributed by atoms with van der Waals surface area (Å²) in [6.45, 7) is 2.25. The van der Waals surface area contributed by atoms with Crippen LogP contribution in [0, 0.1) is 5.41 Å². The molecule has 18 heavy (non-hydrogen) atoms. The minimum Gasteiger partial charge on any atom is -0.305 e. The maximum absolute atomic E-state index is 4.41. The molecule has 0 saturated heterocycles. The van der Waals surface area contributed by atoms with Crippen LogP contribution >= 0.6 is 11.3 Å². The summed E-state index contributed by atoms with van der Waals surface area (Å²) in [7, 11) is 0. The lowest BCUT2D eigenvalue weighted by Crippen LogP contribution is -2.37. The molecule has 3 heteroatoms. The Balaban J connectivity index is 1.51. The van der Waals surface area contributed by atoms with Crippen molar-refractivity contribution in [3.05, 3.63) is 16.6 Å². The van der Waals surface area contributed by atoms with Gasteiger partial charge in [-0.2, -0.15) is 0 Å². The SMILES string of the molecule is CC(NC1CCC2(CCCC2)CC1)c1nccs1. The zero-order chi connectivity index (χ0) is 12.4. The van der Waals surface area contributed by atoms with E-state index in [1.165, 1.54) is 56.4 Å². The molecule has 1 spiro atoms. The van der Waals surface area contributed by atoms with Crippen molar-refractivity contribution in [2.45, 2.75) is 70.4 Å². The van der Waals surface area contributed by atoms with Crippen LogP contribution in [0.5, 0.6) is 0 Å². The molecule has 0 radical (unpaired) electrons. The van der Waals surface area contributed by atoms with Crippen molar-refractivity contribution in [1.29, 1.82) is 0 Å². The molecule has 1 N–H and O–H groups in total. The van der Waals surface area contributed by atoms with Crippen LogP contribution in [0.2, 0.25) is 0 Å². The lowest BCUT2D eigenvalue weighted by Gasteiger charge is -2.38.